The Labute approximate surface area is 112 Å². The first-order valence-electron chi connectivity index (χ1n) is 5.26. The Balaban J connectivity index is 2.54. The number of halogens is 3. The average molecular weight is 311 g/mol. The summed E-state index contributed by atoms with van der Waals surface area (Å²) < 4.78 is 26.1. The van der Waals surface area contributed by atoms with Crippen molar-refractivity contribution in [3.8, 4) is 11.1 Å². The summed E-state index contributed by atoms with van der Waals surface area (Å²) in [5.74, 6) is -1.23. The Morgan fingerprint density at radius 3 is 2.11 bits per heavy atom. The molecule has 18 heavy (non-hydrogen) atoms. The van der Waals surface area contributed by atoms with Crippen LogP contribution in [0.5, 0.6) is 0 Å². The van der Waals surface area contributed by atoms with Crippen molar-refractivity contribution in [3.63, 3.8) is 0 Å². The molecule has 0 heterocycles. The molecule has 0 aliphatic rings. The molecule has 2 aromatic carbocycles. The summed E-state index contributed by atoms with van der Waals surface area (Å²) >= 11 is 2.10. The molecular weight excluding hydrogens is 302 g/mol. The maximum absolute atomic E-state index is 13.1. The lowest BCUT2D eigenvalue weighted by Crippen LogP contribution is -2.21. The van der Waals surface area contributed by atoms with Crippen molar-refractivity contribution in [2.24, 2.45) is 0 Å². The number of hydrogen-bond acceptors (Lipinski definition) is 1. The van der Waals surface area contributed by atoms with Crippen LogP contribution in [0, 0.1) is 0 Å². The summed E-state index contributed by atoms with van der Waals surface area (Å²) in [7, 11) is 0. The highest BCUT2D eigenvalue weighted by Gasteiger charge is 2.36. The van der Waals surface area contributed by atoms with E-state index in [-0.39, 0.29) is 5.56 Å². The molecule has 0 unspecified atom stereocenters. The molecule has 0 spiro atoms. The van der Waals surface area contributed by atoms with Gasteiger partial charge < -0.3 is 0 Å². The first-order valence-corrected chi connectivity index (χ1v) is 6.05. The van der Waals surface area contributed by atoms with Gasteiger partial charge in [-0.1, -0.05) is 54.6 Å². The Kier molecular flexibility index (Phi) is 3.57. The van der Waals surface area contributed by atoms with Crippen LogP contribution in [0.4, 0.5) is 8.78 Å². The van der Waals surface area contributed by atoms with Gasteiger partial charge in [0.25, 0.3) is 0 Å². The minimum atomic E-state index is -3.54. The molecule has 0 saturated heterocycles. The van der Waals surface area contributed by atoms with Crippen LogP contribution >= 0.6 is 15.9 Å². The van der Waals surface area contributed by atoms with Crippen LogP contribution in [0.25, 0.3) is 11.1 Å². The summed E-state index contributed by atoms with van der Waals surface area (Å²) in [5.41, 5.74) is 1.24. The van der Waals surface area contributed by atoms with Gasteiger partial charge in [0.15, 0.2) is 0 Å². The third-order valence-electron chi connectivity index (χ3n) is 2.51. The monoisotopic (exact) mass is 310 g/mol. The van der Waals surface area contributed by atoms with Crippen molar-refractivity contribution in [2.45, 2.75) is 4.83 Å². The summed E-state index contributed by atoms with van der Waals surface area (Å²) in [5, 5.41) is 0. The van der Waals surface area contributed by atoms with Gasteiger partial charge in [0.2, 0.25) is 5.78 Å². The standard InChI is InChI=1S/C14H9BrF2O/c15-14(16,17)13(18)12-9-5-4-8-11(12)10-6-2-1-3-7-10/h1-9H. The fourth-order valence-corrected chi connectivity index (χ4v) is 1.92. The topological polar surface area (TPSA) is 17.1 Å². The van der Waals surface area contributed by atoms with Gasteiger partial charge in [-0.25, -0.2) is 0 Å². The van der Waals surface area contributed by atoms with Gasteiger partial charge in [-0.15, -0.1) is 0 Å². The highest BCUT2D eigenvalue weighted by atomic mass is 79.9. The van der Waals surface area contributed by atoms with Crippen molar-refractivity contribution in [1.29, 1.82) is 0 Å². The predicted octanol–water partition coefficient (Wildman–Crippen LogP) is 4.52. The van der Waals surface area contributed by atoms with E-state index in [1.807, 2.05) is 6.07 Å². The quantitative estimate of drug-likeness (QED) is 0.601. The molecule has 0 aliphatic carbocycles. The normalized spacial score (nSPS) is 11.3. The second kappa shape index (κ2) is 4.98. The molecule has 92 valence electrons. The van der Waals surface area contributed by atoms with E-state index in [2.05, 4.69) is 15.9 Å². The number of hydrogen-bond donors (Lipinski definition) is 0. The Morgan fingerprint density at radius 1 is 0.944 bits per heavy atom. The number of alkyl halides is 3. The molecule has 0 N–H and O–H groups in total. The van der Waals surface area contributed by atoms with Crippen LogP contribution in [-0.4, -0.2) is 10.6 Å². The molecular formula is C14H9BrF2O. The van der Waals surface area contributed by atoms with Crippen LogP contribution in [0.1, 0.15) is 10.4 Å². The van der Waals surface area contributed by atoms with Crippen molar-refractivity contribution in [3.05, 3.63) is 60.2 Å². The van der Waals surface area contributed by atoms with E-state index in [0.29, 0.717) is 5.56 Å². The minimum absolute atomic E-state index is 0.00516. The summed E-state index contributed by atoms with van der Waals surface area (Å²) in [4.78, 5) is 8.12. The number of ketones is 1. The summed E-state index contributed by atoms with van der Waals surface area (Å²) in [6.45, 7) is 0. The fraction of sp³-hybridized carbons (Fsp3) is 0.0714. The van der Waals surface area contributed by atoms with Gasteiger partial charge in [-0.05, 0) is 27.1 Å². The second-order valence-electron chi connectivity index (χ2n) is 3.74. The first kappa shape index (κ1) is 12.9. The van der Waals surface area contributed by atoms with Gasteiger partial charge in [0.1, 0.15) is 0 Å². The van der Waals surface area contributed by atoms with E-state index in [4.69, 9.17) is 0 Å². The molecule has 4 heteroatoms. The van der Waals surface area contributed by atoms with Crippen molar-refractivity contribution < 1.29 is 13.6 Å². The summed E-state index contributed by atoms with van der Waals surface area (Å²) in [6, 6.07) is 15.3. The number of carbonyl (C=O) groups is 1. The van der Waals surface area contributed by atoms with E-state index in [1.165, 1.54) is 6.07 Å². The van der Waals surface area contributed by atoms with E-state index >= 15 is 0 Å². The lowest BCUT2D eigenvalue weighted by Gasteiger charge is -2.11. The molecule has 0 radical (unpaired) electrons. The number of carbonyl (C=O) groups excluding carboxylic acids is 1. The number of Topliss-reactive ketones (excluding diaryl/α,β-unsaturated/α-hetero) is 1. The van der Waals surface area contributed by atoms with Crippen LogP contribution in [0.15, 0.2) is 54.6 Å². The van der Waals surface area contributed by atoms with Gasteiger partial charge in [-0.3, -0.25) is 4.79 Å². The molecule has 2 rings (SSSR count). The molecule has 0 aliphatic heterocycles. The molecule has 2 aromatic rings. The lowest BCUT2D eigenvalue weighted by atomic mass is 9.97. The van der Waals surface area contributed by atoms with E-state index < -0.39 is 10.6 Å². The van der Waals surface area contributed by atoms with E-state index in [1.54, 1.807) is 42.5 Å². The van der Waals surface area contributed by atoms with Gasteiger partial charge >= 0.3 is 4.83 Å². The SMILES string of the molecule is O=C(c1ccccc1-c1ccccc1)C(F)(F)Br. The lowest BCUT2D eigenvalue weighted by molar-refractivity contribution is 0.0593. The van der Waals surface area contributed by atoms with E-state index in [9.17, 15) is 13.6 Å². The molecule has 0 bridgehead atoms. The Hall–Kier alpha value is -1.55. The molecule has 0 aromatic heterocycles. The van der Waals surface area contributed by atoms with Crippen molar-refractivity contribution in [1.82, 2.24) is 0 Å². The highest BCUT2D eigenvalue weighted by Crippen LogP contribution is 2.31. The Bertz CT molecular complexity index is 562. The predicted molar refractivity (Wildman–Crippen MR) is 70.1 cm³/mol. The van der Waals surface area contributed by atoms with Crippen molar-refractivity contribution >= 4 is 21.7 Å². The molecule has 0 amide bonds. The minimum Gasteiger partial charge on any atom is -0.286 e. The number of rotatable bonds is 3. The summed E-state index contributed by atoms with van der Waals surface area (Å²) in [6.07, 6.45) is 0. The van der Waals surface area contributed by atoms with Crippen LogP contribution < -0.4 is 0 Å². The zero-order valence-corrected chi connectivity index (χ0v) is 10.8. The van der Waals surface area contributed by atoms with Gasteiger partial charge in [0.05, 0.1) is 0 Å². The molecule has 0 fully saturated rings. The van der Waals surface area contributed by atoms with Gasteiger partial charge in [0, 0.05) is 5.56 Å². The third-order valence-corrected chi connectivity index (χ3v) is 2.87. The molecule has 1 nitrogen and oxygen atoms in total. The van der Waals surface area contributed by atoms with Crippen LogP contribution in [0.2, 0.25) is 0 Å². The van der Waals surface area contributed by atoms with Crippen molar-refractivity contribution in [2.75, 3.05) is 0 Å². The second-order valence-corrected chi connectivity index (χ2v) is 4.73. The largest absolute Gasteiger partial charge is 0.363 e. The smallest absolute Gasteiger partial charge is 0.286 e. The maximum Gasteiger partial charge on any atom is 0.363 e. The molecule has 0 saturated carbocycles. The van der Waals surface area contributed by atoms with Gasteiger partial charge in [-0.2, -0.15) is 8.78 Å². The zero-order valence-electron chi connectivity index (χ0n) is 9.24. The highest BCUT2D eigenvalue weighted by molar-refractivity contribution is 9.10. The fourth-order valence-electron chi connectivity index (χ4n) is 1.70. The maximum atomic E-state index is 13.1. The zero-order chi connectivity index (χ0) is 13.2. The van der Waals surface area contributed by atoms with E-state index in [0.717, 1.165) is 5.56 Å². The third kappa shape index (κ3) is 2.64. The molecule has 0 atom stereocenters. The Morgan fingerprint density at radius 2 is 1.50 bits per heavy atom. The first-order chi connectivity index (χ1) is 8.50. The van der Waals surface area contributed by atoms with Crippen LogP contribution in [-0.2, 0) is 0 Å². The average Bonchev–Trinajstić information content (AvgIpc) is 2.38. The van der Waals surface area contributed by atoms with Crippen LogP contribution in [0.3, 0.4) is 0 Å². The number of benzene rings is 2.